The number of cyclic esters (lactones) is 1. The van der Waals surface area contributed by atoms with Gasteiger partial charge in [0.15, 0.2) is 23.3 Å². The van der Waals surface area contributed by atoms with Gasteiger partial charge in [-0.1, -0.05) is 12.5 Å². The van der Waals surface area contributed by atoms with E-state index in [4.69, 9.17) is 19.9 Å². The minimum absolute atomic E-state index is 0. The van der Waals surface area contributed by atoms with E-state index in [0.717, 1.165) is 28.1 Å². The maximum Gasteiger partial charge on any atom is 0.343 e. The summed E-state index contributed by atoms with van der Waals surface area (Å²) < 4.78 is 16.2. The Hall–Kier alpha value is -4.01. The van der Waals surface area contributed by atoms with Gasteiger partial charge in [0.25, 0.3) is 0 Å². The smallest absolute Gasteiger partial charge is 0.343 e. The van der Waals surface area contributed by atoms with Crippen molar-refractivity contribution in [1.82, 2.24) is 4.90 Å². The molecule has 164 valence electrons. The molecule has 0 aliphatic carbocycles. The normalized spacial score (nSPS) is 29.3. The van der Waals surface area contributed by atoms with Crippen LogP contribution in [0.2, 0.25) is 0 Å². The standard InChI is InChI=1S/C22H22N3O6.Rf/c1-2-22(28)14-4-16-19-12(7-25(16)20(26)13(14)8-29-21(22)27)11(6-23)10-3-17-18(31-9-30-17)5-15(10)24-19;/h3-5,19-20,23-24,26,28H,2,6-9H2,1H3;/q-1;/t19?,20?,22-;/m0./s1. The van der Waals surface area contributed by atoms with Gasteiger partial charge in [-0.05, 0) is 24.1 Å². The zero-order valence-electron chi connectivity index (χ0n) is 17.6. The molecule has 6 rings (SSSR count). The summed E-state index contributed by atoms with van der Waals surface area (Å²) >= 11 is 0. The predicted molar refractivity (Wildman–Crippen MR) is 110 cm³/mol. The molecule has 0 amide bonds. The van der Waals surface area contributed by atoms with Gasteiger partial charge in [0.1, 0.15) is 6.61 Å². The van der Waals surface area contributed by atoms with E-state index in [-0.39, 0.29) is 32.4 Å². The van der Waals surface area contributed by atoms with Crippen LogP contribution in [0.25, 0.3) is 11.3 Å². The molecule has 3 atom stereocenters. The summed E-state index contributed by atoms with van der Waals surface area (Å²) in [5.74, 6) is 0.606. The second-order valence-electron chi connectivity index (χ2n) is 8.31. The van der Waals surface area contributed by atoms with Crippen molar-refractivity contribution in [3.05, 3.63) is 51.9 Å². The summed E-state index contributed by atoms with van der Waals surface area (Å²) in [5.41, 5.74) is 11.7. The Morgan fingerprint density at radius 3 is 2.72 bits per heavy atom. The number of hydrogen-bond donors (Lipinski definition) is 3. The number of esters is 1. The van der Waals surface area contributed by atoms with Crippen LogP contribution in [0.5, 0.6) is 11.5 Å². The molecule has 4 N–H and O–H groups in total. The SMILES string of the molecule is CC[C@@]1(O)C(=O)OCC2=C1C=C1C3Nc4cc5c(cc4C(C[NH-])=C3CN1C2O)OCO5.[Rf]. The number of aliphatic hydroxyl groups excluding tert-OH is 1. The first kappa shape index (κ1) is 19.9. The van der Waals surface area contributed by atoms with Crippen LogP contribution in [0.3, 0.4) is 0 Å². The van der Waals surface area contributed by atoms with Gasteiger partial charge >= 0.3 is 5.97 Å². The Balaban J connectivity index is 0.00000216. The fraction of sp³-hybridized carbons (Fsp3) is 0.409. The third-order valence-electron chi connectivity index (χ3n) is 6.92. The molecular weight excluding hydrogens is 669 g/mol. The number of ether oxygens (including phenoxy) is 3. The third kappa shape index (κ3) is 2.30. The Morgan fingerprint density at radius 1 is 1.25 bits per heavy atom. The average Bonchev–Trinajstić information content (AvgIpc) is 3.38. The van der Waals surface area contributed by atoms with E-state index in [2.05, 4.69) is 5.32 Å². The van der Waals surface area contributed by atoms with Crippen LogP contribution in [-0.2, 0) is 9.53 Å². The molecule has 0 bridgehead atoms. The van der Waals surface area contributed by atoms with Crippen LogP contribution < -0.4 is 14.8 Å². The number of nitrogens with one attached hydrogen (secondary N) is 2. The van der Waals surface area contributed by atoms with E-state index >= 15 is 0 Å². The molecule has 1 aromatic rings. The fourth-order valence-electron chi connectivity index (χ4n) is 5.20. The van der Waals surface area contributed by atoms with Gasteiger partial charge in [-0.3, -0.25) is 0 Å². The number of nitrogens with zero attached hydrogens (tertiary/aromatic N) is 1. The molecule has 32 heavy (non-hydrogen) atoms. The first-order valence-corrected chi connectivity index (χ1v) is 10.3. The maximum absolute atomic E-state index is 12.3. The number of rotatable bonds is 2. The van der Waals surface area contributed by atoms with E-state index in [0.29, 0.717) is 29.2 Å². The zero-order chi connectivity index (χ0) is 21.5. The molecule has 5 heterocycles. The van der Waals surface area contributed by atoms with Crippen LogP contribution in [0.4, 0.5) is 5.69 Å². The van der Waals surface area contributed by atoms with E-state index in [1.54, 1.807) is 13.0 Å². The summed E-state index contributed by atoms with van der Waals surface area (Å²) in [6.45, 7) is 2.33. The molecule has 10 heteroatoms. The quantitative estimate of drug-likeness (QED) is 0.400. The van der Waals surface area contributed by atoms with E-state index in [1.165, 1.54) is 0 Å². The predicted octanol–water partition coefficient (Wildman–Crippen LogP) is 1.54. The van der Waals surface area contributed by atoms with Gasteiger partial charge in [-0.25, -0.2) is 4.79 Å². The fourth-order valence-corrected chi connectivity index (χ4v) is 5.20. The Bertz CT molecular complexity index is 1130. The molecule has 0 radical (unpaired) electrons. The Morgan fingerprint density at radius 2 is 2.00 bits per heavy atom. The summed E-state index contributed by atoms with van der Waals surface area (Å²) in [4.78, 5) is 14.2. The van der Waals surface area contributed by atoms with Crippen molar-refractivity contribution in [1.29, 1.82) is 0 Å². The van der Waals surface area contributed by atoms with E-state index in [9.17, 15) is 15.0 Å². The zero-order valence-corrected chi connectivity index (χ0v) is 24.0. The van der Waals surface area contributed by atoms with Crippen molar-refractivity contribution in [2.75, 3.05) is 31.8 Å². The molecule has 9 nitrogen and oxygen atoms in total. The molecule has 1 fully saturated rings. The summed E-state index contributed by atoms with van der Waals surface area (Å²) in [5, 5.41) is 25.7. The van der Waals surface area contributed by atoms with Gasteiger partial charge in [0.05, 0.1) is 6.04 Å². The minimum Gasteiger partial charge on any atom is -0.674 e. The average molecular weight is 691 g/mol. The first-order chi connectivity index (χ1) is 15.0. The Kier molecular flexibility index (Phi) is 4.04. The second-order valence-corrected chi connectivity index (χ2v) is 8.31. The minimum atomic E-state index is -1.78. The summed E-state index contributed by atoms with van der Waals surface area (Å²) in [6, 6.07) is 3.49. The molecular formula is C22H22N3O6Rf-. The number of aliphatic hydroxyl groups is 2. The second kappa shape index (κ2) is 6.49. The van der Waals surface area contributed by atoms with Crippen molar-refractivity contribution in [2.24, 2.45) is 0 Å². The van der Waals surface area contributed by atoms with Gasteiger partial charge in [0, 0.05) is 40.7 Å². The van der Waals surface area contributed by atoms with Crippen molar-refractivity contribution >= 4 is 17.2 Å². The van der Waals surface area contributed by atoms with E-state index in [1.807, 2.05) is 17.0 Å². The number of fused-ring (bicyclic) bond motifs is 5. The van der Waals surface area contributed by atoms with Gasteiger partial charge < -0.3 is 40.4 Å². The van der Waals surface area contributed by atoms with Gasteiger partial charge in [-0.15, -0.1) is 6.54 Å². The van der Waals surface area contributed by atoms with E-state index < -0.39 is 17.8 Å². The van der Waals surface area contributed by atoms with Crippen LogP contribution >= 0.6 is 0 Å². The van der Waals surface area contributed by atoms with Gasteiger partial charge in [0.2, 0.25) is 6.79 Å². The number of hydrogen-bond acceptors (Lipinski definition) is 8. The van der Waals surface area contributed by atoms with Crippen molar-refractivity contribution in [2.45, 2.75) is 31.2 Å². The number of benzene rings is 1. The number of carbonyl (C=O) groups excluding carboxylic acids is 1. The van der Waals surface area contributed by atoms with Crippen molar-refractivity contribution < 1.29 is 29.2 Å². The largest absolute Gasteiger partial charge is 0.674 e. The van der Waals surface area contributed by atoms with Crippen molar-refractivity contribution in [3.63, 3.8) is 0 Å². The molecule has 0 saturated carbocycles. The maximum atomic E-state index is 12.3. The number of anilines is 1. The molecule has 5 aliphatic rings. The first-order valence-electron chi connectivity index (χ1n) is 10.3. The molecule has 5 aliphatic heterocycles. The van der Waals surface area contributed by atoms with Crippen LogP contribution in [0, 0.1) is 0 Å². The number of carbonyl (C=O) groups is 1. The molecule has 0 spiro atoms. The molecule has 2 unspecified atom stereocenters. The molecule has 1 aromatic carbocycles. The monoisotopic (exact) mass is 691 g/mol. The third-order valence-corrected chi connectivity index (χ3v) is 6.92. The summed E-state index contributed by atoms with van der Waals surface area (Å²) in [7, 11) is 0. The Labute approximate surface area is 178 Å². The molecule has 1 saturated heterocycles. The van der Waals surface area contributed by atoms with Crippen molar-refractivity contribution in [3.8, 4) is 11.5 Å². The van der Waals surface area contributed by atoms with Gasteiger partial charge in [-0.2, -0.15) is 0 Å². The van der Waals surface area contributed by atoms with Crippen LogP contribution in [0.1, 0.15) is 18.9 Å². The van der Waals surface area contributed by atoms with Crippen LogP contribution in [-0.4, -0.2) is 65.4 Å². The summed E-state index contributed by atoms with van der Waals surface area (Å²) in [6.07, 6.45) is 0.926. The molecule has 0 aromatic heterocycles. The topological polar surface area (TPSA) is 124 Å². The van der Waals surface area contributed by atoms with Crippen LogP contribution in [0.15, 0.2) is 40.6 Å².